The molecule has 3 aromatic rings. The van der Waals surface area contributed by atoms with Crippen molar-refractivity contribution in [3.63, 3.8) is 0 Å². The number of aliphatic hydroxyl groups is 1. The predicted octanol–water partition coefficient (Wildman–Crippen LogP) is 4.16. The molecule has 2 aromatic carbocycles. The van der Waals surface area contributed by atoms with Gasteiger partial charge < -0.3 is 33.9 Å². The molecule has 0 saturated heterocycles. The van der Waals surface area contributed by atoms with E-state index < -0.39 is 42.5 Å². The van der Waals surface area contributed by atoms with Crippen LogP contribution in [0.15, 0.2) is 54.6 Å². The number of carbonyl (C=O) groups excluding carboxylic acids is 3. The highest BCUT2D eigenvalue weighted by Gasteiger charge is 2.41. The van der Waals surface area contributed by atoms with Gasteiger partial charge in [0.05, 0.1) is 16.8 Å². The topological polar surface area (TPSA) is 151 Å². The summed E-state index contributed by atoms with van der Waals surface area (Å²) in [5.74, 6) is -2.59. The van der Waals surface area contributed by atoms with Gasteiger partial charge in [-0.15, -0.1) is 0 Å². The number of methoxy groups -OCH3 is 1. The maximum atomic E-state index is 11.9. The molecule has 0 bridgehead atoms. The van der Waals surface area contributed by atoms with E-state index >= 15 is 0 Å². The molecule has 0 aliphatic carbocycles. The third kappa shape index (κ3) is 7.93. The number of hydrogen-bond donors (Lipinski definition) is 2. The van der Waals surface area contributed by atoms with Crippen LogP contribution in [0.2, 0.25) is 0 Å². The number of carbonyl (C=O) groups is 3. The lowest BCUT2D eigenvalue weighted by molar-refractivity contribution is -0.215. The Kier molecular flexibility index (Phi) is 10.0. The molecule has 2 N–H and O–H groups in total. The number of fused-ring (bicyclic) bond motifs is 1. The van der Waals surface area contributed by atoms with E-state index in [0.717, 1.165) is 24.8 Å². The van der Waals surface area contributed by atoms with Crippen LogP contribution in [0.3, 0.4) is 0 Å². The molecule has 3 rings (SSSR count). The standard InChI is InChI=1S/C29H31NO10/c1-16(37-17(2)31)27(38-18(3)32)28(39-19(4)33)29(36-5)40-22-12-13-23(26(35)15-22)25(34)14-21-11-10-20-8-6-7-9-24(20)30-21/h6-16,27-29,34-35H,1-5H3/b25-14-/t16-,27+,28+,29+/m1/s1. The maximum Gasteiger partial charge on any atom is 0.303 e. The molecule has 4 atom stereocenters. The lowest BCUT2D eigenvalue weighted by atomic mass is 10.1. The van der Waals surface area contributed by atoms with Crippen molar-refractivity contribution in [2.75, 3.05) is 7.11 Å². The zero-order valence-corrected chi connectivity index (χ0v) is 22.7. The fourth-order valence-electron chi connectivity index (χ4n) is 3.98. The van der Waals surface area contributed by atoms with Crippen LogP contribution in [0.25, 0.3) is 22.7 Å². The molecule has 0 fully saturated rings. The Labute approximate surface area is 230 Å². The summed E-state index contributed by atoms with van der Waals surface area (Å²) >= 11 is 0. The van der Waals surface area contributed by atoms with Gasteiger partial charge in [-0.05, 0) is 31.2 Å². The summed E-state index contributed by atoms with van der Waals surface area (Å²) in [6, 6.07) is 15.2. The van der Waals surface area contributed by atoms with E-state index in [1.807, 2.05) is 30.3 Å². The summed E-state index contributed by atoms with van der Waals surface area (Å²) in [7, 11) is 1.27. The summed E-state index contributed by atoms with van der Waals surface area (Å²) in [6.45, 7) is 4.92. The second-order valence-electron chi connectivity index (χ2n) is 8.82. The first-order valence-corrected chi connectivity index (χ1v) is 12.3. The Morgan fingerprint density at radius 3 is 2.15 bits per heavy atom. The summed E-state index contributed by atoms with van der Waals surface area (Å²) < 4.78 is 27.0. The van der Waals surface area contributed by atoms with E-state index in [1.165, 1.54) is 45.2 Å². The number of rotatable bonds is 11. The van der Waals surface area contributed by atoms with E-state index in [9.17, 15) is 24.6 Å². The number of aliphatic hydroxyl groups excluding tert-OH is 1. The molecule has 212 valence electrons. The molecule has 0 aliphatic rings. The number of benzene rings is 2. The Balaban J connectivity index is 1.87. The van der Waals surface area contributed by atoms with Gasteiger partial charge >= 0.3 is 17.9 Å². The summed E-state index contributed by atoms with van der Waals surface area (Å²) in [4.78, 5) is 39.7. The molecular formula is C29H31NO10. The van der Waals surface area contributed by atoms with Crippen molar-refractivity contribution in [2.24, 2.45) is 0 Å². The van der Waals surface area contributed by atoms with Crippen molar-refractivity contribution in [1.29, 1.82) is 0 Å². The van der Waals surface area contributed by atoms with Crippen LogP contribution in [-0.2, 0) is 33.3 Å². The molecule has 0 unspecified atom stereocenters. The highest BCUT2D eigenvalue weighted by atomic mass is 16.7. The Morgan fingerprint density at radius 2 is 1.52 bits per heavy atom. The van der Waals surface area contributed by atoms with Crippen LogP contribution >= 0.6 is 0 Å². The van der Waals surface area contributed by atoms with Crippen molar-refractivity contribution in [3.05, 3.63) is 65.9 Å². The molecule has 1 heterocycles. The summed E-state index contributed by atoms with van der Waals surface area (Å²) in [6.07, 6.45) is -3.63. The van der Waals surface area contributed by atoms with Gasteiger partial charge in [0.25, 0.3) is 0 Å². The van der Waals surface area contributed by atoms with Gasteiger partial charge in [-0.2, -0.15) is 0 Å². The van der Waals surface area contributed by atoms with Crippen molar-refractivity contribution < 1.29 is 48.3 Å². The lowest BCUT2D eigenvalue weighted by Crippen LogP contribution is -2.51. The largest absolute Gasteiger partial charge is 0.507 e. The van der Waals surface area contributed by atoms with Crippen LogP contribution < -0.4 is 4.74 Å². The molecular weight excluding hydrogens is 522 g/mol. The second kappa shape index (κ2) is 13.4. The highest BCUT2D eigenvalue weighted by Crippen LogP contribution is 2.31. The fourth-order valence-corrected chi connectivity index (χ4v) is 3.98. The zero-order chi connectivity index (χ0) is 29.4. The number of phenolic OH excluding ortho intramolecular Hbond substituents is 1. The van der Waals surface area contributed by atoms with Crippen molar-refractivity contribution in [2.45, 2.75) is 52.3 Å². The lowest BCUT2D eigenvalue weighted by Gasteiger charge is -2.34. The van der Waals surface area contributed by atoms with Crippen LogP contribution in [0.1, 0.15) is 39.0 Å². The first-order chi connectivity index (χ1) is 19.0. The predicted molar refractivity (Wildman–Crippen MR) is 144 cm³/mol. The minimum absolute atomic E-state index is 0.0728. The Morgan fingerprint density at radius 1 is 0.875 bits per heavy atom. The minimum Gasteiger partial charge on any atom is -0.507 e. The number of nitrogens with zero attached hydrogens (tertiary/aromatic N) is 1. The highest BCUT2D eigenvalue weighted by molar-refractivity contribution is 5.83. The van der Waals surface area contributed by atoms with Gasteiger partial charge in [-0.1, -0.05) is 24.3 Å². The fraction of sp³-hybridized carbons (Fsp3) is 0.310. The Bertz CT molecular complexity index is 1400. The van der Waals surface area contributed by atoms with Crippen molar-refractivity contribution in [3.8, 4) is 11.5 Å². The quantitative estimate of drug-likeness (QED) is 0.152. The van der Waals surface area contributed by atoms with Gasteiger partial charge in [-0.3, -0.25) is 14.4 Å². The number of para-hydroxylation sites is 1. The van der Waals surface area contributed by atoms with Crippen LogP contribution in [-0.4, -0.2) is 64.8 Å². The molecule has 0 saturated carbocycles. The van der Waals surface area contributed by atoms with Gasteiger partial charge in [0.15, 0.2) is 6.10 Å². The molecule has 11 nitrogen and oxygen atoms in total. The number of aromatic nitrogens is 1. The van der Waals surface area contributed by atoms with E-state index in [-0.39, 0.29) is 22.8 Å². The molecule has 40 heavy (non-hydrogen) atoms. The summed E-state index contributed by atoms with van der Waals surface area (Å²) in [5.41, 5.74) is 1.34. The van der Waals surface area contributed by atoms with Gasteiger partial charge in [0.1, 0.15) is 23.4 Å². The van der Waals surface area contributed by atoms with Gasteiger partial charge in [0.2, 0.25) is 12.4 Å². The van der Waals surface area contributed by atoms with Crippen LogP contribution in [0.4, 0.5) is 0 Å². The molecule has 0 amide bonds. The maximum absolute atomic E-state index is 11.9. The molecule has 0 radical (unpaired) electrons. The van der Waals surface area contributed by atoms with Crippen molar-refractivity contribution >= 4 is 40.6 Å². The Hall–Kier alpha value is -4.64. The third-order valence-corrected chi connectivity index (χ3v) is 5.64. The van der Waals surface area contributed by atoms with Crippen molar-refractivity contribution in [1.82, 2.24) is 4.98 Å². The molecule has 1 aromatic heterocycles. The number of phenols is 1. The first kappa shape index (κ1) is 29.9. The molecule has 0 spiro atoms. The number of hydrogen-bond acceptors (Lipinski definition) is 11. The minimum atomic E-state index is -1.37. The number of esters is 3. The SMILES string of the molecule is CO[C@@H](Oc1ccc(/C(O)=C/c2ccc3ccccc3n2)c(O)c1)[C@@H](OC(C)=O)[C@@H](OC(C)=O)[C@@H](C)OC(C)=O. The number of ether oxygens (including phenoxy) is 5. The summed E-state index contributed by atoms with van der Waals surface area (Å²) in [5, 5.41) is 22.3. The first-order valence-electron chi connectivity index (χ1n) is 12.3. The normalized spacial score (nSPS) is 14.5. The molecule has 11 heteroatoms. The van der Waals surface area contributed by atoms with Gasteiger partial charge in [0, 0.05) is 45.4 Å². The van der Waals surface area contributed by atoms with Crippen LogP contribution in [0, 0.1) is 0 Å². The number of pyridine rings is 1. The monoisotopic (exact) mass is 553 g/mol. The second-order valence-corrected chi connectivity index (χ2v) is 8.82. The smallest absolute Gasteiger partial charge is 0.303 e. The third-order valence-electron chi connectivity index (χ3n) is 5.64. The number of aromatic hydroxyl groups is 1. The van der Waals surface area contributed by atoms with Crippen LogP contribution in [0.5, 0.6) is 11.5 Å². The van der Waals surface area contributed by atoms with Gasteiger partial charge in [-0.25, -0.2) is 4.98 Å². The average Bonchev–Trinajstić information content (AvgIpc) is 2.88. The van der Waals surface area contributed by atoms with E-state index in [2.05, 4.69) is 4.98 Å². The van der Waals surface area contributed by atoms with E-state index in [0.29, 0.717) is 5.69 Å². The zero-order valence-electron chi connectivity index (χ0n) is 22.7. The average molecular weight is 554 g/mol. The van der Waals surface area contributed by atoms with E-state index in [4.69, 9.17) is 23.7 Å². The van der Waals surface area contributed by atoms with E-state index in [1.54, 1.807) is 6.07 Å². The molecule has 0 aliphatic heterocycles.